The second-order valence-electron chi connectivity index (χ2n) is 4.94. The van der Waals surface area contributed by atoms with Crippen molar-refractivity contribution >= 4 is 17.5 Å². The minimum atomic E-state index is -0.0661. The fourth-order valence-electron chi connectivity index (χ4n) is 2.07. The second kappa shape index (κ2) is 6.76. The van der Waals surface area contributed by atoms with E-state index in [1.807, 2.05) is 43.3 Å². The van der Waals surface area contributed by atoms with Crippen molar-refractivity contribution in [2.45, 2.75) is 37.3 Å². The Bertz CT molecular complexity index is 587. The molecule has 0 aromatic heterocycles. The standard InChI is InChI=1S/C18H20OS/c1-4-15-9-11-16(12-10-15)18(19)14(3)20-17-8-6-5-7-13(17)2/h5-12,14H,4H2,1-3H3. The van der Waals surface area contributed by atoms with Crippen molar-refractivity contribution in [3.8, 4) is 0 Å². The monoisotopic (exact) mass is 284 g/mol. The first-order valence-corrected chi connectivity index (χ1v) is 7.85. The van der Waals surface area contributed by atoms with Crippen LogP contribution in [0.3, 0.4) is 0 Å². The van der Waals surface area contributed by atoms with E-state index < -0.39 is 0 Å². The Hall–Kier alpha value is -1.54. The van der Waals surface area contributed by atoms with Crippen molar-refractivity contribution in [1.29, 1.82) is 0 Å². The van der Waals surface area contributed by atoms with Gasteiger partial charge in [-0.25, -0.2) is 0 Å². The maximum absolute atomic E-state index is 12.4. The van der Waals surface area contributed by atoms with Gasteiger partial charge >= 0.3 is 0 Å². The van der Waals surface area contributed by atoms with Crippen molar-refractivity contribution in [3.63, 3.8) is 0 Å². The van der Waals surface area contributed by atoms with Crippen LogP contribution in [-0.2, 0) is 6.42 Å². The molecule has 1 unspecified atom stereocenters. The molecule has 1 atom stereocenters. The highest BCUT2D eigenvalue weighted by atomic mass is 32.2. The first-order valence-electron chi connectivity index (χ1n) is 6.97. The van der Waals surface area contributed by atoms with Crippen molar-refractivity contribution in [1.82, 2.24) is 0 Å². The van der Waals surface area contributed by atoms with E-state index in [0.29, 0.717) is 0 Å². The average Bonchev–Trinajstić information content (AvgIpc) is 2.49. The molecule has 104 valence electrons. The van der Waals surface area contributed by atoms with Crippen LogP contribution in [0.5, 0.6) is 0 Å². The van der Waals surface area contributed by atoms with E-state index in [4.69, 9.17) is 0 Å². The van der Waals surface area contributed by atoms with E-state index in [0.717, 1.165) is 12.0 Å². The molecule has 2 rings (SSSR count). The second-order valence-corrected chi connectivity index (χ2v) is 6.32. The minimum Gasteiger partial charge on any atom is -0.293 e. The Balaban J connectivity index is 2.10. The number of hydrogen-bond donors (Lipinski definition) is 0. The molecule has 0 bridgehead atoms. The lowest BCUT2D eigenvalue weighted by Gasteiger charge is -2.12. The summed E-state index contributed by atoms with van der Waals surface area (Å²) in [5, 5.41) is -0.0661. The summed E-state index contributed by atoms with van der Waals surface area (Å²) in [5.41, 5.74) is 3.29. The van der Waals surface area contributed by atoms with E-state index in [1.165, 1.54) is 16.0 Å². The van der Waals surface area contributed by atoms with Crippen molar-refractivity contribution in [2.75, 3.05) is 0 Å². The van der Waals surface area contributed by atoms with Crippen molar-refractivity contribution in [2.24, 2.45) is 0 Å². The third kappa shape index (κ3) is 3.51. The van der Waals surface area contributed by atoms with Gasteiger partial charge in [0, 0.05) is 10.5 Å². The van der Waals surface area contributed by atoms with Crippen LogP contribution in [0.25, 0.3) is 0 Å². The lowest BCUT2D eigenvalue weighted by Crippen LogP contribution is -2.13. The Kier molecular flexibility index (Phi) is 5.02. The summed E-state index contributed by atoms with van der Waals surface area (Å²) in [6.45, 7) is 6.18. The number of Topliss-reactive ketones (excluding diaryl/α,β-unsaturated/α-hetero) is 1. The summed E-state index contributed by atoms with van der Waals surface area (Å²) < 4.78 is 0. The molecule has 0 N–H and O–H groups in total. The normalized spacial score (nSPS) is 12.2. The van der Waals surface area contributed by atoms with Crippen LogP contribution in [-0.4, -0.2) is 11.0 Å². The van der Waals surface area contributed by atoms with Crippen LogP contribution in [0.4, 0.5) is 0 Å². The highest BCUT2D eigenvalue weighted by Gasteiger charge is 2.17. The first kappa shape index (κ1) is 14.9. The van der Waals surface area contributed by atoms with Crippen molar-refractivity contribution < 1.29 is 4.79 Å². The Morgan fingerprint density at radius 3 is 2.35 bits per heavy atom. The zero-order valence-electron chi connectivity index (χ0n) is 12.2. The molecular formula is C18H20OS. The molecule has 0 aliphatic rings. The number of benzene rings is 2. The van der Waals surface area contributed by atoms with Gasteiger partial charge in [-0.1, -0.05) is 49.4 Å². The molecule has 2 heteroatoms. The van der Waals surface area contributed by atoms with Gasteiger partial charge in [0.2, 0.25) is 0 Å². The molecular weight excluding hydrogens is 264 g/mol. The summed E-state index contributed by atoms with van der Waals surface area (Å²) in [6, 6.07) is 16.2. The number of aryl methyl sites for hydroxylation is 2. The molecule has 20 heavy (non-hydrogen) atoms. The molecule has 0 spiro atoms. The first-order chi connectivity index (χ1) is 9.61. The topological polar surface area (TPSA) is 17.1 Å². The minimum absolute atomic E-state index is 0.0661. The number of rotatable bonds is 5. The average molecular weight is 284 g/mol. The van der Waals surface area contributed by atoms with Gasteiger partial charge < -0.3 is 0 Å². The number of carbonyl (C=O) groups is 1. The summed E-state index contributed by atoms with van der Waals surface area (Å²) in [5.74, 6) is 0.195. The quantitative estimate of drug-likeness (QED) is 0.572. The van der Waals surface area contributed by atoms with Gasteiger partial charge in [-0.05, 0) is 37.5 Å². The fraction of sp³-hybridized carbons (Fsp3) is 0.278. The molecule has 0 fully saturated rings. The number of carbonyl (C=O) groups excluding carboxylic acids is 1. The highest BCUT2D eigenvalue weighted by molar-refractivity contribution is 8.00. The molecule has 0 aliphatic heterocycles. The predicted molar refractivity (Wildman–Crippen MR) is 86.6 cm³/mol. The van der Waals surface area contributed by atoms with Crippen LogP contribution in [0.1, 0.15) is 35.3 Å². The van der Waals surface area contributed by atoms with Gasteiger partial charge in [0.25, 0.3) is 0 Å². The lowest BCUT2D eigenvalue weighted by atomic mass is 10.1. The molecule has 0 heterocycles. The summed E-state index contributed by atoms with van der Waals surface area (Å²) >= 11 is 1.63. The molecule has 2 aromatic carbocycles. The summed E-state index contributed by atoms with van der Waals surface area (Å²) in [4.78, 5) is 13.6. The van der Waals surface area contributed by atoms with Crippen LogP contribution < -0.4 is 0 Å². The number of ketones is 1. The van der Waals surface area contributed by atoms with E-state index >= 15 is 0 Å². The third-order valence-corrected chi connectivity index (χ3v) is 4.69. The predicted octanol–water partition coefficient (Wildman–Crippen LogP) is 4.92. The van der Waals surface area contributed by atoms with Gasteiger partial charge in [-0.3, -0.25) is 4.79 Å². The zero-order valence-corrected chi connectivity index (χ0v) is 13.0. The summed E-state index contributed by atoms with van der Waals surface area (Å²) in [6.07, 6.45) is 1.00. The van der Waals surface area contributed by atoms with Gasteiger partial charge in [-0.15, -0.1) is 11.8 Å². The zero-order chi connectivity index (χ0) is 14.5. The Morgan fingerprint density at radius 2 is 1.75 bits per heavy atom. The molecule has 0 aliphatic carbocycles. The molecule has 2 aromatic rings. The Morgan fingerprint density at radius 1 is 1.10 bits per heavy atom. The summed E-state index contributed by atoms with van der Waals surface area (Å²) in [7, 11) is 0. The van der Waals surface area contributed by atoms with Crippen LogP contribution in [0.15, 0.2) is 53.4 Å². The molecule has 1 nitrogen and oxygen atoms in total. The smallest absolute Gasteiger partial charge is 0.175 e. The number of thioether (sulfide) groups is 1. The maximum atomic E-state index is 12.4. The number of hydrogen-bond acceptors (Lipinski definition) is 2. The highest BCUT2D eigenvalue weighted by Crippen LogP contribution is 2.28. The molecule has 0 radical (unpaired) electrons. The van der Waals surface area contributed by atoms with Gasteiger partial charge in [-0.2, -0.15) is 0 Å². The molecule has 0 saturated heterocycles. The van der Waals surface area contributed by atoms with Gasteiger partial charge in [0.1, 0.15) is 0 Å². The van der Waals surface area contributed by atoms with E-state index in [1.54, 1.807) is 11.8 Å². The molecule has 0 saturated carbocycles. The SMILES string of the molecule is CCc1ccc(C(=O)C(C)Sc2ccccc2C)cc1. The van der Waals surface area contributed by atoms with E-state index in [-0.39, 0.29) is 11.0 Å². The van der Waals surface area contributed by atoms with Gasteiger partial charge in [0.15, 0.2) is 5.78 Å². The maximum Gasteiger partial charge on any atom is 0.175 e. The molecule has 0 amide bonds. The van der Waals surface area contributed by atoms with E-state index in [2.05, 4.69) is 26.0 Å². The van der Waals surface area contributed by atoms with Gasteiger partial charge in [0.05, 0.1) is 5.25 Å². The van der Waals surface area contributed by atoms with Crippen LogP contribution in [0.2, 0.25) is 0 Å². The largest absolute Gasteiger partial charge is 0.293 e. The van der Waals surface area contributed by atoms with Crippen molar-refractivity contribution in [3.05, 3.63) is 65.2 Å². The fourth-order valence-corrected chi connectivity index (χ4v) is 3.11. The lowest BCUT2D eigenvalue weighted by molar-refractivity contribution is 0.0994. The third-order valence-electron chi connectivity index (χ3n) is 3.41. The van der Waals surface area contributed by atoms with Crippen LogP contribution in [0, 0.1) is 6.92 Å². The Labute approximate surface area is 125 Å². The van der Waals surface area contributed by atoms with E-state index in [9.17, 15) is 4.79 Å². The van der Waals surface area contributed by atoms with Crippen LogP contribution >= 0.6 is 11.8 Å².